The number of piperazine rings is 1. The molecule has 0 saturated carbocycles. The van der Waals surface area contributed by atoms with Crippen molar-refractivity contribution in [3.63, 3.8) is 0 Å². The maximum absolute atomic E-state index is 12.2. The van der Waals surface area contributed by atoms with Gasteiger partial charge in [-0.05, 0) is 44.2 Å². The molecular weight excluding hydrogens is 294 g/mol. The van der Waals surface area contributed by atoms with Crippen LogP contribution in [0.4, 0.5) is 5.69 Å². The Balaban J connectivity index is 1.97. The molecule has 1 aromatic rings. The van der Waals surface area contributed by atoms with E-state index in [0.29, 0.717) is 18.8 Å². The number of rotatable bonds is 5. The lowest BCUT2D eigenvalue weighted by Crippen LogP contribution is -2.52. The third kappa shape index (κ3) is 4.77. The summed E-state index contributed by atoms with van der Waals surface area (Å²) in [5.41, 5.74) is 2.96. The summed E-state index contributed by atoms with van der Waals surface area (Å²) >= 11 is 0. The Morgan fingerprint density at radius 2 is 1.83 bits per heavy atom. The Bertz CT molecular complexity index is 580. The molecule has 1 amide bonds. The van der Waals surface area contributed by atoms with E-state index in [0.717, 1.165) is 24.2 Å². The summed E-state index contributed by atoms with van der Waals surface area (Å²) in [5, 5.41) is 12.3. The van der Waals surface area contributed by atoms with E-state index < -0.39 is 12.0 Å². The van der Waals surface area contributed by atoms with E-state index in [1.54, 1.807) is 0 Å². The topological polar surface area (TPSA) is 72.9 Å². The van der Waals surface area contributed by atoms with Gasteiger partial charge in [0.25, 0.3) is 0 Å². The monoisotopic (exact) mass is 319 g/mol. The molecule has 0 bridgehead atoms. The van der Waals surface area contributed by atoms with Gasteiger partial charge < -0.3 is 15.3 Å². The van der Waals surface area contributed by atoms with Gasteiger partial charge in [-0.25, -0.2) is 0 Å². The van der Waals surface area contributed by atoms with Crippen molar-refractivity contribution in [2.24, 2.45) is 0 Å². The van der Waals surface area contributed by atoms with E-state index in [1.165, 1.54) is 0 Å². The number of carbonyl (C=O) groups is 2. The van der Waals surface area contributed by atoms with Crippen molar-refractivity contribution in [3.8, 4) is 0 Å². The van der Waals surface area contributed by atoms with Crippen LogP contribution in [-0.4, -0.2) is 66.1 Å². The first kappa shape index (κ1) is 17.4. The summed E-state index contributed by atoms with van der Waals surface area (Å²) in [6, 6.07) is 4.92. The number of aryl methyl sites for hydroxylation is 2. The van der Waals surface area contributed by atoms with E-state index in [9.17, 15) is 14.7 Å². The van der Waals surface area contributed by atoms with E-state index >= 15 is 0 Å². The molecule has 1 heterocycles. The summed E-state index contributed by atoms with van der Waals surface area (Å²) in [6.07, 6.45) is -0.0357. The minimum Gasteiger partial charge on any atom is -0.480 e. The van der Waals surface area contributed by atoms with Gasteiger partial charge in [-0.3, -0.25) is 14.5 Å². The number of aliphatic carboxylic acids is 1. The zero-order valence-corrected chi connectivity index (χ0v) is 14.0. The highest BCUT2D eigenvalue weighted by atomic mass is 16.4. The Kier molecular flexibility index (Phi) is 5.74. The van der Waals surface area contributed by atoms with Crippen LogP contribution < -0.4 is 5.32 Å². The number of carboxylic acids is 1. The van der Waals surface area contributed by atoms with Gasteiger partial charge in [0.1, 0.15) is 6.04 Å². The van der Waals surface area contributed by atoms with Crippen LogP contribution >= 0.6 is 0 Å². The molecular formula is C17H25N3O3. The molecule has 1 aromatic carbocycles. The van der Waals surface area contributed by atoms with Gasteiger partial charge in [0.15, 0.2) is 0 Å². The number of likely N-dealkylation sites (N-methyl/N-ethyl adjacent to an activating group) is 1. The van der Waals surface area contributed by atoms with Gasteiger partial charge in [0, 0.05) is 31.9 Å². The largest absolute Gasteiger partial charge is 0.480 e. The fraction of sp³-hybridized carbons (Fsp3) is 0.529. The molecule has 6 nitrogen and oxygen atoms in total. The summed E-state index contributed by atoms with van der Waals surface area (Å²) in [4.78, 5) is 27.8. The third-order valence-electron chi connectivity index (χ3n) is 4.43. The second-order valence-electron chi connectivity index (χ2n) is 6.24. The number of anilines is 1. The summed E-state index contributed by atoms with van der Waals surface area (Å²) in [6.45, 7) is 6.98. The van der Waals surface area contributed by atoms with E-state index in [2.05, 4.69) is 10.2 Å². The summed E-state index contributed by atoms with van der Waals surface area (Å²) < 4.78 is 0. The normalized spacial score (nSPS) is 17.7. The molecule has 6 heteroatoms. The fourth-order valence-corrected chi connectivity index (χ4v) is 2.71. The Labute approximate surface area is 137 Å². The first-order valence-corrected chi connectivity index (χ1v) is 7.89. The van der Waals surface area contributed by atoms with E-state index in [-0.39, 0.29) is 12.3 Å². The molecule has 0 aliphatic carbocycles. The molecule has 0 spiro atoms. The highest BCUT2D eigenvalue weighted by Crippen LogP contribution is 2.16. The first-order chi connectivity index (χ1) is 10.9. The number of nitrogens with one attached hydrogen (secondary N) is 1. The molecule has 1 atom stereocenters. The van der Waals surface area contributed by atoms with Gasteiger partial charge in [-0.15, -0.1) is 0 Å². The number of amides is 1. The maximum atomic E-state index is 12.2. The second-order valence-corrected chi connectivity index (χ2v) is 6.24. The zero-order valence-electron chi connectivity index (χ0n) is 14.0. The molecule has 2 rings (SSSR count). The number of carbonyl (C=O) groups excluding carboxylic acids is 1. The molecule has 2 N–H and O–H groups in total. The average molecular weight is 319 g/mol. The van der Waals surface area contributed by atoms with Gasteiger partial charge >= 0.3 is 5.97 Å². The van der Waals surface area contributed by atoms with Crippen molar-refractivity contribution >= 4 is 17.6 Å². The number of nitrogens with zero attached hydrogens (tertiary/aromatic N) is 2. The van der Waals surface area contributed by atoms with Crippen molar-refractivity contribution in [2.75, 3.05) is 38.5 Å². The lowest BCUT2D eigenvalue weighted by molar-refractivity contribution is -0.145. The minimum atomic E-state index is -0.940. The zero-order chi connectivity index (χ0) is 17.0. The van der Waals surface area contributed by atoms with Gasteiger partial charge in [0.2, 0.25) is 5.91 Å². The SMILES string of the molecule is Cc1ccc(NC(=O)C[C@H](C(=O)O)N2CCN(C)CC2)cc1C. The molecule has 1 saturated heterocycles. The predicted octanol–water partition coefficient (Wildman–Crippen LogP) is 1.33. The number of carboxylic acid groups (broad SMARTS) is 1. The molecule has 1 fully saturated rings. The van der Waals surface area contributed by atoms with Crippen LogP contribution in [0.1, 0.15) is 17.5 Å². The smallest absolute Gasteiger partial charge is 0.321 e. The fourth-order valence-electron chi connectivity index (χ4n) is 2.71. The van der Waals surface area contributed by atoms with Crippen molar-refractivity contribution in [3.05, 3.63) is 29.3 Å². The second kappa shape index (κ2) is 7.57. The summed E-state index contributed by atoms with van der Waals surface area (Å²) in [7, 11) is 2.01. The van der Waals surface area contributed by atoms with Crippen LogP contribution in [0.5, 0.6) is 0 Å². The molecule has 0 aromatic heterocycles. The van der Waals surface area contributed by atoms with Crippen LogP contribution in [0.3, 0.4) is 0 Å². The van der Waals surface area contributed by atoms with E-state index in [4.69, 9.17) is 0 Å². The number of benzene rings is 1. The Hall–Kier alpha value is -1.92. The summed E-state index contributed by atoms with van der Waals surface area (Å²) in [5.74, 6) is -1.20. The molecule has 126 valence electrons. The van der Waals surface area contributed by atoms with Crippen LogP contribution in [0.2, 0.25) is 0 Å². The minimum absolute atomic E-state index is 0.0357. The van der Waals surface area contributed by atoms with Crippen LogP contribution in [0.15, 0.2) is 18.2 Å². The van der Waals surface area contributed by atoms with Gasteiger partial charge in [0.05, 0.1) is 6.42 Å². The average Bonchev–Trinajstić information content (AvgIpc) is 2.49. The van der Waals surface area contributed by atoms with Crippen LogP contribution in [0, 0.1) is 13.8 Å². The van der Waals surface area contributed by atoms with Crippen molar-refractivity contribution in [1.82, 2.24) is 9.80 Å². The highest BCUT2D eigenvalue weighted by Gasteiger charge is 2.30. The molecule has 1 aliphatic heterocycles. The third-order valence-corrected chi connectivity index (χ3v) is 4.43. The highest BCUT2D eigenvalue weighted by molar-refractivity contribution is 5.94. The molecule has 0 unspecified atom stereocenters. The quantitative estimate of drug-likeness (QED) is 0.857. The van der Waals surface area contributed by atoms with Crippen LogP contribution in [0.25, 0.3) is 0 Å². The van der Waals surface area contributed by atoms with E-state index in [1.807, 2.05) is 44.0 Å². The van der Waals surface area contributed by atoms with Crippen LogP contribution in [-0.2, 0) is 9.59 Å². The van der Waals surface area contributed by atoms with Crippen molar-refractivity contribution < 1.29 is 14.7 Å². The van der Waals surface area contributed by atoms with Crippen molar-refractivity contribution in [2.45, 2.75) is 26.3 Å². The predicted molar refractivity (Wildman–Crippen MR) is 89.7 cm³/mol. The molecule has 0 radical (unpaired) electrons. The van der Waals surface area contributed by atoms with Crippen molar-refractivity contribution in [1.29, 1.82) is 0 Å². The first-order valence-electron chi connectivity index (χ1n) is 7.89. The maximum Gasteiger partial charge on any atom is 0.321 e. The molecule has 23 heavy (non-hydrogen) atoms. The van der Waals surface area contributed by atoms with Gasteiger partial charge in [-0.2, -0.15) is 0 Å². The van der Waals surface area contributed by atoms with Gasteiger partial charge in [-0.1, -0.05) is 6.07 Å². The number of hydrogen-bond donors (Lipinski definition) is 2. The number of hydrogen-bond acceptors (Lipinski definition) is 4. The lowest BCUT2D eigenvalue weighted by atomic mass is 10.1. The Morgan fingerprint density at radius 1 is 1.17 bits per heavy atom. The standard InChI is InChI=1S/C17H25N3O3/c1-12-4-5-14(10-13(12)2)18-16(21)11-15(17(22)23)20-8-6-19(3)7-9-20/h4-5,10,15H,6-9,11H2,1-3H3,(H,18,21)(H,22,23)/t15-/m1/s1. The Morgan fingerprint density at radius 3 is 2.39 bits per heavy atom. The molecule has 1 aliphatic rings. The lowest BCUT2D eigenvalue weighted by Gasteiger charge is -2.35.